The highest BCUT2D eigenvalue weighted by atomic mass is 35.5. The van der Waals surface area contributed by atoms with Crippen molar-refractivity contribution in [3.8, 4) is 6.07 Å². The number of fused-ring (bicyclic) bond motifs is 1. The number of nitrogens with zero attached hydrogens (tertiary/aromatic N) is 2. The van der Waals surface area contributed by atoms with Gasteiger partial charge in [-0.1, -0.05) is 18.0 Å². The Morgan fingerprint density at radius 2 is 2.08 bits per heavy atom. The normalized spacial score (nSPS) is 13.4. The van der Waals surface area contributed by atoms with E-state index in [1.807, 2.05) is 0 Å². The zero-order chi connectivity index (χ0) is 18.0. The third-order valence-corrected chi connectivity index (χ3v) is 5.69. The highest BCUT2D eigenvalue weighted by Gasteiger charge is 2.22. The number of nitriles is 1. The Morgan fingerprint density at radius 1 is 1.32 bits per heavy atom. The number of amides is 1. The van der Waals surface area contributed by atoms with E-state index in [0.717, 1.165) is 48.6 Å². The molecule has 1 aromatic heterocycles. The summed E-state index contributed by atoms with van der Waals surface area (Å²) in [5, 5.41) is 23.7. The summed E-state index contributed by atoms with van der Waals surface area (Å²) in [6.45, 7) is 0. The molecule has 0 atom stereocenters. The SMILES string of the molecule is N#Cc1c(NC(=O)c2ccc(Cl)c([N+](=O)[O-])c2)sc2c1CCCCC2. The number of carbonyl (C=O) groups excluding carboxylic acids is 1. The van der Waals surface area contributed by atoms with Crippen molar-refractivity contribution in [3.05, 3.63) is 54.9 Å². The van der Waals surface area contributed by atoms with Crippen molar-refractivity contribution in [3.63, 3.8) is 0 Å². The molecule has 128 valence electrons. The van der Waals surface area contributed by atoms with Gasteiger partial charge < -0.3 is 5.32 Å². The van der Waals surface area contributed by atoms with Gasteiger partial charge in [0.2, 0.25) is 0 Å². The average Bonchev–Trinajstić information content (AvgIpc) is 2.75. The van der Waals surface area contributed by atoms with Crippen molar-refractivity contribution in [1.29, 1.82) is 5.26 Å². The van der Waals surface area contributed by atoms with Crippen LogP contribution in [0.25, 0.3) is 0 Å². The van der Waals surface area contributed by atoms with Crippen LogP contribution in [0, 0.1) is 21.4 Å². The fraction of sp³-hybridized carbons (Fsp3) is 0.294. The molecule has 0 aliphatic heterocycles. The van der Waals surface area contributed by atoms with Gasteiger partial charge in [0.1, 0.15) is 16.1 Å². The Balaban J connectivity index is 1.90. The number of halogens is 1. The maximum Gasteiger partial charge on any atom is 0.288 e. The number of nitro groups is 1. The first-order chi connectivity index (χ1) is 12.0. The second-order valence-corrected chi connectivity index (χ2v) is 7.27. The molecule has 1 aliphatic rings. The molecule has 1 heterocycles. The van der Waals surface area contributed by atoms with E-state index < -0.39 is 10.8 Å². The molecule has 1 N–H and O–H groups in total. The minimum absolute atomic E-state index is 0.0258. The summed E-state index contributed by atoms with van der Waals surface area (Å²) >= 11 is 7.20. The first-order valence-electron chi connectivity index (χ1n) is 7.81. The number of anilines is 1. The fourth-order valence-electron chi connectivity index (χ4n) is 2.92. The van der Waals surface area contributed by atoms with Crippen molar-refractivity contribution in [2.45, 2.75) is 32.1 Å². The number of benzene rings is 1. The Bertz CT molecular complexity index is 901. The first kappa shape index (κ1) is 17.4. The lowest BCUT2D eigenvalue weighted by Crippen LogP contribution is -2.12. The quantitative estimate of drug-likeness (QED) is 0.477. The van der Waals surface area contributed by atoms with Gasteiger partial charge in [0, 0.05) is 16.5 Å². The van der Waals surface area contributed by atoms with Gasteiger partial charge in [-0.2, -0.15) is 5.26 Å². The van der Waals surface area contributed by atoms with Crippen LogP contribution in [0.15, 0.2) is 18.2 Å². The van der Waals surface area contributed by atoms with Crippen molar-refractivity contribution in [2.24, 2.45) is 0 Å². The van der Waals surface area contributed by atoms with Crippen LogP contribution in [0.3, 0.4) is 0 Å². The Morgan fingerprint density at radius 3 is 2.80 bits per heavy atom. The molecule has 0 saturated carbocycles. The van der Waals surface area contributed by atoms with Crippen molar-refractivity contribution in [1.82, 2.24) is 0 Å². The molecular formula is C17H14ClN3O3S. The summed E-state index contributed by atoms with van der Waals surface area (Å²) < 4.78 is 0. The molecule has 6 nitrogen and oxygen atoms in total. The maximum absolute atomic E-state index is 12.5. The Labute approximate surface area is 153 Å². The molecule has 0 bridgehead atoms. The molecule has 3 rings (SSSR count). The highest BCUT2D eigenvalue weighted by Crippen LogP contribution is 2.37. The monoisotopic (exact) mass is 375 g/mol. The largest absolute Gasteiger partial charge is 0.312 e. The van der Waals surface area contributed by atoms with Crippen LogP contribution in [0.4, 0.5) is 10.7 Å². The van der Waals surface area contributed by atoms with Crippen LogP contribution < -0.4 is 5.32 Å². The molecule has 0 spiro atoms. The number of hydrogen-bond donors (Lipinski definition) is 1. The zero-order valence-electron chi connectivity index (χ0n) is 13.2. The molecule has 1 aliphatic carbocycles. The van der Waals surface area contributed by atoms with E-state index >= 15 is 0 Å². The highest BCUT2D eigenvalue weighted by molar-refractivity contribution is 7.16. The lowest BCUT2D eigenvalue weighted by Gasteiger charge is -2.05. The third kappa shape index (κ3) is 3.50. The van der Waals surface area contributed by atoms with E-state index in [1.165, 1.54) is 23.5 Å². The summed E-state index contributed by atoms with van der Waals surface area (Å²) in [6.07, 6.45) is 5.01. The van der Waals surface area contributed by atoms with Crippen LogP contribution in [0.1, 0.15) is 45.6 Å². The number of carbonyl (C=O) groups is 1. The van der Waals surface area contributed by atoms with E-state index in [4.69, 9.17) is 11.6 Å². The summed E-state index contributed by atoms with van der Waals surface area (Å²) in [4.78, 5) is 24.0. The maximum atomic E-state index is 12.5. The smallest absolute Gasteiger partial charge is 0.288 e. The minimum Gasteiger partial charge on any atom is -0.312 e. The molecule has 0 fully saturated rings. The fourth-order valence-corrected chi connectivity index (χ4v) is 4.34. The van der Waals surface area contributed by atoms with Crippen LogP contribution in [0.2, 0.25) is 5.02 Å². The summed E-state index contributed by atoms with van der Waals surface area (Å²) in [5.74, 6) is -0.493. The van der Waals surface area contributed by atoms with Crippen molar-refractivity contribution < 1.29 is 9.72 Å². The standard InChI is InChI=1S/C17H14ClN3O3S/c18-13-7-6-10(8-14(13)21(23)24)16(22)20-17-12(9-19)11-4-2-1-3-5-15(11)25-17/h6-8H,1-5H2,(H,20,22). The average molecular weight is 376 g/mol. The summed E-state index contributed by atoms with van der Waals surface area (Å²) in [7, 11) is 0. The molecule has 8 heteroatoms. The summed E-state index contributed by atoms with van der Waals surface area (Å²) in [6, 6.07) is 6.08. The minimum atomic E-state index is -0.632. The zero-order valence-corrected chi connectivity index (χ0v) is 14.7. The van der Waals surface area contributed by atoms with E-state index in [9.17, 15) is 20.2 Å². The molecule has 0 radical (unpaired) electrons. The van der Waals surface area contributed by atoms with Gasteiger partial charge in [-0.3, -0.25) is 14.9 Å². The van der Waals surface area contributed by atoms with Gasteiger partial charge in [0.05, 0.1) is 10.5 Å². The molecule has 0 unspecified atom stereocenters. The van der Waals surface area contributed by atoms with Crippen LogP contribution >= 0.6 is 22.9 Å². The van der Waals surface area contributed by atoms with Crippen LogP contribution in [-0.4, -0.2) is 10.8 Å². The number of rotatable bonds is 3. The Kier molecular flexibility index (Phi) is 5.02. The lowest BCUT2D eigenvalue weighted by atomic mass is 10.1. The Hall–Kier alpha value is -2.43. The van der Waals surface area contributed by atoms with Gasteiger partial charge >= 0.3 is 0 Å². The molecule has 2 aromatic rings. The first-order valence-corrected chi connectivity index (χ1v) is 9.00. The third-order valence-electron chi connectivity index (χ3n) is 4.17. The second-order valence-electron chi connectivity index (χ2n) is 5.76. The second kappa shape index (κ2) is 7.21. The molecule has 1 aromatic carbocycles. The molecule has 25 heavy (non-hydrogen) atoms. The molecular weight excluding hydrogens is 362 g/mol. The molecule has 0 saturated heterocycles. The number of hydrogen-bond acceptors (Lipinski definition) is 5. The van der Waals surface area contributed by atoms with Crippen LogP contribution in [-0.2, 0) is 12.8 Å². The van der Waals surface area contributed by atoms with Gasteiger partial charge in [0.15, 0.2) is 0 Å². The van der Waals surface area contributed by atoms with E-state index in [-0.39, 0.29) is 16.3 Å². The van der Waals surface area contributed by atoms with E-state index in [0.29, 0.717) is 10.6 Å². The van der Waals surface area contributed by atoms with Gasteiger partial charge in [-0.15, -0.1) is 11.3 Å². The lowest BCUT2D eigenvalue weighted by molar-refractivity contribution is -0.384. The number of thiophene rings is 1. The van der Waals surface area contributed by atoms with Gasteiger partial charge in [0.25, 0.3) is 11.6 Å². The van der Waals surface area contributed by atoms with Gasteiger partial charge in [-0.25, -0.2) is 0 Å². The predicted molar refractivity (Wildman–Crippen MR) is 96.4 cm³/mol. The van der Waals surface area contributed by atoms with Gasteiger partial charge in [-0.05, 0) is 43.4 Å². The van der Waals surface area contributed by atoms with E-state index in [1.54, 1.807) is 0 Å². The topological polar surface area (TPSA) is 96.0 Å². The number of nitrogens with one attached hydrogen (secondary N) is 1. The summed E-state index contributed by atoms with van der Waals surface area (Å²) in [5.41, 5.74) is 1.35. The van der Waals surface area contributed by atoms with E-state index in [2.05, 4.69) is 11.4 Å². The number of nitro benzene ring substituents is 1. The van der Waals surface area contributed by atoms with Crippen molar-refractivity contribution >= 4 is 39.5 Å². The van der Waals surface area contributed by atoms with Crippen molar-refractivity contribution in [2.75, 3.05) is 5.32 Å². The predicted octanol–water partition coefficient (Wildman–Crippen LogP) is 4.70. The molecule has 1 amide bonds. The number of aryl methyl sites for hydroxylation is 1. The van der Waals surface area contributed by atoms with Crippen LogP contribution in [0.5, 0.6) is 0 Å².